The van der Waals surface area contributed by atoms with E-state index in [1.54, 1.807) is 11.3 Å². The van der Waals surface area contributed by atoms with Crippen molar-refractivity contribution >= 4 is 27.3 Å². The minimum atomic E-state index is 0.230. The monoisotopic (exact) mass is 313 g/mol. The molecule has 17 heavy (non-hydrogen) atoms. The van der Waals surface area contributed by atoms with Crippen molar-refractivity contribution in [3.05, 3.63) is 21.8 Å². The molecular formula is C11H12BrN3OS. The van der Waals surface area contributed by atoms with Crippen LogP contribution in [0.15, 0.2) is 20.4 Å². The van der Waals surface area contributed by atoms with E-state index in [0.717, 1.165) is 21.6 Å². The number of halogens is 1. The lowest BCUT2D eigenvalue weighted by Crippen LogP contribution is -2.26. The molecule has 3 heterocycles. The van der Waals surface area contributed by atoms with E-state index in [9.17, 15) is 0 Å². The van der Waals surface area contributed by atoms with Gasteiger partial charge in [0.15, 0.2) is 0 Å². The topological polar surface area (TPSA) is 51.0 Å². The summed E-state index contributed by atoms with van der Waals surface area (Å²) >= 11 is 5.04. The van der Waals surface area contributed by atoms with E-state index in [1.807, 2.05) is 12.1 Å². The SMILES string of the molecule is Brc1ccc(-c2noc([C@@H]3CCCCN3)n2)s1. The van der Waals surface area contributed by atoms with E-state index in [2.05, 4.69) is 31.4 Å². The number of nitrogens with zero attached hydrogens (tertiary/aromatic N) is 2. The third-order valence-corrected chi connectivity index (χ3v) is 4.46. The molecule has 0 saturated carbocycles. The lowest BCUT2D eigenvalue weighted by molar-refractivity contribution is 0.297. The molecule has 1 N–H and O–H groups in total. The van der Waals surface area contributed by atoms with Crippen LogP contribution in [0.4, 0.5) is 0 Å². The second kappa shape index (κ2) is 4.88. The van der Waals surface area contributed by atoms with Gasteiger partial charge >= 0.3 is 0 Å². The fourth-order valence-corrected chi connectivity index (χ4v) is 3.29. The molecule has 0 spiro atoms. The maximum absolute atomic E-state index is 5.34. The Labute approximate surface area is 112 Å². The molecule has 3 rings (SSSR count). The number of nitrogens with one attached hydrogen (secondary N) is 1. The lowest BCUT2D eigenvalue weighted by atomic mass is 10.1. The number of rotatable bonds is 2. The fraction of sp³-hybridized carbons (Fsp3) is 0.455. The molecule has 0 bridgehead atoms. The van der Waals surface area contributed by atoms with Gasteiger partial charge in [-0.3, -0.25) is 0 Å². The Morgan fingerprint density at radius 1 is 1.41 bits per heavy atom. The van der Waals surface area contributed by atoms with Gasteiger partial charge in [-0.2, -0.15) is 4.98 Å². The van der Waals surface area contributed by atoms with Gasteiger partial charge in [0.2, 0.25) is 11.7 Å². The average Bonchev–Trinajstić information content (AvgIpc) is 2.98. The van der Waals surface area contributed by atoms with Crippen molar-refractivity contribution in [2.75, 3.05) is 6.54 Å². The highest BCUT2D eigenvalue weighted by Crippen LogP contribution is 2.30. The van der Waals surface area contributed by atoms with E-state index in [0.29, 0.717) is 11.7 Å². The van der Waals surface area contributed by atoms with Crippen molar-refractivity contribution in [3.63, 3.8) is 0 Å². The zero-order valence-corrected chi connectivity index (χ0v) is 11.6. The summed E-state index contributed by atoms with van der Waals surface area (Å²) in [4.78, 5) is 5.50. The second-order valence-corrected chi connectivity index (χ2v) is 6.53. The van der Waals surface area contributed by atoms with Crippen LogP contribution >= 0.6 is 27.3 Å². The first-order chi connectivity index (χ1) is 8.33. The molecular weight excluding hydrogens is 302 g/mol. The van der Waals surface area contributed by atoms with Gasteiger partial charge < -0.3 is 9.84 Å². The number of aromatic nitrogens is 2. The lowest BCUT2D eigenvalue weighted by Gasteiger charge is -2.19. The summed E-state index contributed by atoms with van der Waals surface area (Å²) in [5, 5.41) is 7.44. The smallest absolute Gasteiger partial charge is 0.244 e. The van der Waals surface area contributed by atoms with E-state index in [1.165, 1.54) is 12.8 Å². The number of hydrogen-bond acceptors (Lipinski definition) is 5. The van der Waals surface area contributed by atoms with Crippen LogP contribution in [0.5, 0.6) is 0 Å². The van der Waals surface area contributed by atoms with Crippen LogP contribution in [0.3, 0.4) is 0 Å². The molecule has 4 nitrogen and oxygen atoms in total. The summed E-state index contributed by atoms with van der Waals surface area (Å²) in [6.07, 6.45) is 3.53. The second-order valence-electron chi connectivity index (χ2n) is 4.06. The number of thiophene rings is 1. The molecule has 2 aromatic rings. The molecule has 1 fully saturated rings. The molecule has 6 heteroatoms. The van der Waals surface area contributed by atoms with Crippen LogP contribution in [0.1, 0.15) is 31.2 Å². The Hall–Kier alpha value is -0.720. The summed E-state index contributed by atoms with van der Waals surface area (Å²) in [6.45, 7) is 1.03. The number of piperidine rings is 1. The van der Waals surface area contributed by atoms with Crippen LogP contribution in [0, 0.1) is 0 Å². The minimum absolute atomic E-state index is 0.230. The van der Waals surface area contributed by atoms with Gasteiger partial charge in [0.1, 0.15) is 0 Å². The molecule has 1 aliphatic heterocycles. The average molecular weight is 314 g/mol. The summed E-state index contributed by atoms with van der Waals surface area (Å²) < 4.78 is 6.41. The van der Waals surface area contributed by atoms with Crippen LogP contribution in [0.2, 0.25) is 0 Å². The van der Waals surface area contributed by atoms with Crippen molar-refractivity contribution in [2.24, 2.45) is 0 Å². The molecule has 90 valence electrons. The molecule has 1 aliphatic rings. The van der Waals surface area contributed by atoms with Crippen molar-refractivity contribution in [1.82, 2.24) is 15.5 Å². The third kappa shape index (κ3) is 2.43. The first-order valence-corrected chi connectivity index (χ1v) is 7.26. The first kappa shape index (κ1) is 11.4. The van der Waals surface area contributed by atoms with Crippen LogP contribution < -0.4 is 5.32 Å². The van der Waals surface area contributed by atoms with Crippen LogP contribution in [-0.2, 0) is 0 Å². The van der Waals surface area contributed by atoms with Gasteiger partial charge in [-0.15, -0.1) is 11.3 Å². The Kier molecular flexibility index (Phi) is 3.26. The fourth-order valence-electron chi connectivity index (χ4n) is 1.97. The highest BCUT2D eigenvalue weighted by atomic mass is 79.9. The molecule has 0 unspecified atom stereocenters. The van der Waals surface area contributed by atoms with Crippen LogP contribution in [-0.4, -0.2) is 16.7 Å². The molecule has 0 amide bonds. The van der Waals surface area contributed by atoms with E-state index < -0.39 is 0 Å². The Morgan fingerprint density at radius 3 is 3.06 bits per heavy atom. The summed E-state index contributed by atoms with van der Waals surface area (Å²) in [5.41, 5.74) is 0. The third-order valence-electron chi connectivity index (χ3n) is 2.84. The maximum Gasteiger partial charge on any atom is 0.244 e. The Bertz CT molecular complexity index is 504. The van der Waals surface area contributed by atoms with Crippen molar-refractivity contribution in [3.8, 4) is 10.7 Å². The molecule has 2 aromatic heterocycles. The molecule has 0 radical (unpaired) electrons. The van der Waals surface area contributed by atoms with Gasteiger partial charge in [-0.05, 0) is 47.4 Å². The van der Waals surface area contributed by atoms with Gasteiger partial charge in [-0.1, -0.05) is 11.6 Å². The van der Waals surface area contributed by atoms with E-state index >= 15 is 0 Å². The van der Waals surface area contributed by atoms with E-state index in [4.69, 9.17) is 4.52 Å². The van der Waals surface area contributed by atoms with Gasteiger partial charge in [0.25, 0.3) is 0 Å². The minimum Gasteiger partial charge on any atom is -0.337 e. The normalized spacial score (nSPS) is 20.6. The quantitative estimate of drug-likeness (QED) is 0.923. The Balaban J connectivity index is 1.82. The molecule has 0 aliphatic carbocycles. The van der Waals surface area contributed by atoms with Crippen molar-refractivity contribution in [2.45, 2.75) is 25.3 Å². The van der Waals surface area contributed by atoms with E-state index in [-0.39, 0.29) is 6.04 Å². The summed E-state index contributed by atoms with van der Waals surface area (Å²) in [5.74, 6) is 1.40. The molecule has 1 atom stereocenters. The van der Waals surface area contributed by atoms with Gasteiger partial charge in [0.05, 0.1) is 14.7 Å². The van der Waals surface area contributed by atoms with Gasteiger partial charge in [0, 0.05) is 0 Å². The zero-order valence-electron chi connectivity index (χ0n) is 9.15. The number of hydrogen-bond donors (Lipinski definition) is 1. The summed E-state index contributed by atoms with van der Waals surface area (Å²) in [7, 11) is 0. The van der Waals surface area contributed by atoms with Crippen molar-refractivity contribution in [1.29, 1.82) is 0 Å². The Morgan fingerprint density at radius 2 is 2.35 bits per heavy atom. The maximum atomic E-state index is 5.34. The summed E-state index contributed by atoms with van der Waals surface area (Å²) in [6, 6.07) is 4.22. The molecule has 0 aromatic carbocycles. The predicted molar refractivity (Wildman–Crippen MR) is 69.9 cm³/mol. The molecule has 1 saturated heterocycles. The van der Waals surface area contributed by atoms with Crippen molar-refractivity contribution < 1.29 is 4.52 Å². The zero-order chi connectivity index (χ0) is 11.7. The van der Waals surface area contributed by atoms with Gasteiger partial charge in [-0.25, -0.2) is 0 Å². The van der Waals surface area contributed by atoms with Crippen LogP contribution in [0.25, 0.3) is 10.7 Å². The predicted octanol–water partition coefficient (Wildman–Crippen LogP) is 3.38. The largest absolute Gasteiger partial charge is 0.337 e. The highest BCUT2D eigenvalue weighted by Gasteiger charge is 2.21. The standard InChI is InChI=1S/C11H12BrN3OS/c12-9-5-4-8(17-9)10-14-11(16-15-10)7-3-1-2-6-13-7/h4-5,7,13H,1-3,6H2/t7-/m0/s1. The first-order valence-electron chi connectivity index (χ1n) is 5.65. The highest BCUT2D eigenvalue weighted by molar-refractivity contribution is 9.11.